The van der Waals surface area contributed by atoms with Crippen molar-refractivity contribution in [2.45, 2.75) is 26.4 Å². The second-order valence-corrected chi connectivity index (χ2v) is 4.75. The van der Waals surface area contributed by atoms with Crippen molar-refractivity contribution >= 4 is 11.6 Å². The molecule has 0 aliphatic carbocycles. The van der Waals surface area contributed by atoms with E-state index < -0.39 is 0 Å². The van der Waals surface area contributed by atoms with E-state index in [1.54, 1.807) is 19.5 Å². The number of benzene rings is 1. The SMILES string of the molecule is CCc1cc(OC)cc(C(C)Oc2cnc(Cl)nc2)c1. The first kappa shape index (κ1) is 14.6. The van der Waals surface area contributed by atoms with Crippen molar-refractivity contribution in [3.05, 3.63) is 47.0 Å². The average Bonchev–Trinajstić information content (AvgIpc) is 2.48. The molecule has 0 amide bonds. The molecule has 0 aliphatic heterocycles. The van der Waals surface area contributed by atoms with Crippen LogP contribution in [0.15, 0.2) is 30.6 Å². The van der Waals surface area contributed by atoms with Crippen LogP contribution in [-0.4, -0.2) is 17.1 Å². The third kappa shape index (κ3) is 3.61. The Kier molecular flexibility index (Phi) is 4.79. The molecular formula is C15H17ClN2O2. The lowest BCUT2D eigenvalue weighted by atomic mass is 10.0. The van der Waals surface area contributed by atoms with Gasteiger partial charge in [-0.3, -0.25) is 0 Å². The fraction of sp³-hybridized carbons (Fsp3) is 0.333. The van der Waals surface area contributed by atoms with Crippen LogP contribution in [0.4, 0.5) is 0 Å². The minimum Gasteiger partial charge on any atom is -0.497 e. The van der Waals surface area contributed by atoms with Crippen LogP contribution in [0.1, 0.15) is 31.1 Å². The van der Waals surface area contributed by atoms with Gasteiger partial charge in [0.25, 0.3) is 0 Å². The Balaban J connectivity index is 2.19. The van der Waals surface area contributed by atoms with E-state index in [4.69, 9.17) is 21.1 Å². The lowest BCUT2D eigenvalue weighted by Crippen LogP contribution is -2.05. The smallest absolute Gasteiger partial charge is 0.222 e. The molecule has 1 atom stereocenters. The Morgan fingerprint density at radius 3 is 2.45 bits per heavy atom. The monoisotopic (exact) mass is 292 g/mol. The van der Waals surface area contributed by atoms with Crippen molar-refractivity contribution in [2.75, 3.05) is 7.11 Å². The van der Waals surface area contributed by atoms with Gasteiger partial charge >= 0.3 is 0 Å². The average molecular weight is 293 g/mol. The third-order valence-corrected chi connectivity index (χ3v) is 3.21. The predicted octanol–water partition coefficient (Wildman–Crippen LogP) is 3.84. The van der Waals surface area contributed by atoms with Gasteiger partial charge in [0.2, 0.25) is 5.28 Å². The summed E-state index contributed by atoms with van der Waals surface area (Å²) in [6.07, 6.45) is 3.95. The zero-order valence-electron chi connectivity index (χ0n) is 11.8. The molecule has 0 N–H and O–H groups in total. The van der Waals surface area contributed by atoms with Crippen LogP contribution >= 0.6 is 11.6 Å². The van der Waals surface area contributed by atoms with E-state index in [1.807, 2.05) is 19.1 Å². The lowest BCUT2D eigenvalue weighted by molar-refractivity contribution is 0.224. The van der Waals surface area contributed by atoms with Crippen LogP contribution in [0.5, 0.6) is 11.5 Å². The number of hydrogen-bond donors (Lipinski definition) is 0. The van der Waals surface area contributed by atoms with Gasteiger partial charge in [0, 0.05) is 0 Å². The summed E-state index contributed by atoms with van der Waals surface area (Å²) in [7, 11) is 1.66. The number of ether oxygens (including phenoxy) is 2. The first-order chi connectivity index (χ1) is 9.62. The van der Waals surface area contributed by atoms with Crippen LogP contribution in [-0.2, 0) is 6.42 Å². The summed E-state index contributed by atoms with van der Waals surface area (Å²) in [5, 5.41) is 0.208. The number of halogens is 1. The van der Waals surface area contributed by atoms with Gasteiger partial charge in [-0.15, -0.1) is 0 Å². The van der Waals surface area contributed by atoms with Gasteiger partial charge in [0.15, 0.2) is 5.75 Å². The molecular weight excluding hydrogens is 276 g/mol. The Hall–Kier alpha value is -1.81. The topological polar surface area (TPSA) is 44.2 Å². The maximum atomic E-state index is 5.82. The number of rotatable bonds is 5. The van der Waals surface area contributed by atoms with Crippen LogP contribution in [0, 0.1) is 0 Å². The van der Waals surface area contributed by atoms with Crippen LogP contribution in [0.2, 0.25) is 5.28 Å². The van der Waals surface area contributed by atoms with E-state index in [9.17, 15) is 0 Å². The number of aromatic nitrogens is 2. The van der Waals surface area contributed by atoms with E-state index in [0.717, 1.165) is 17.7 Å². The van der Waals surface area contributed by atoms with Crippen molar-refractivity contribution in [3.63, 3.8) is 0 Å². The normalized spacial score (nSPS) is 12.0. The van der Waals surface area contributed by atoms with Gasteiger partial charge in [0.1, 0.15) is 11.9 Å². The maximum Gasteiger partial charge on any atom is 0.222 e. The number of hydrogen-bond acceptors (Lipinski definition) is 4. The maximum absolute atomic E-state index is 5.82. The molecule has 0 radical (unpaired) electrons. The van der Waals surface area contributed by atoms with Gasteiger partial charge in [-0.2, -0.15) is 0 Å². The molecule has 2 rings (SSSR count). The first-order valence-electron chi connectivity index (χ1n) is 6.44. The quantitative estimate of drug-likeness (QED) is 0.785. The molecule has 4 nitrogen and oxygen atoms in total. The summed E-state index contributed by atoms with van der Waals surface area (Å²) in [6, 6.07) is 6.12. The van der Waals surface area contributed by atoms with Crippen LogP contribution in [0.3, 0.4) is 0 Å². The van der Waals surface area contributed by atoms with E-state index in [2.05, 4.69) is 23.0 Å². The highest BCUT2D eigenvalue weighted by Gasteiger charge is 2.10. The molecule has 0 fully saturated rings. The highest BCUT2D eigenvalue weighted by molar-refractivity contribution is 6.28. The number of aryl methyl sites for hydroxylation is 1. The molecule has 0 saturated heterocycles. The van der Waals surface area contributed by atoms with Gasteiger partial charge in [0.05, 0.1) is 19.5 Å². The number of methoxy groups -OCH3 is 1. The Labute approximate surface area is 123 Å². The summed E-state index contributed by atoms with van der Waals surface area (Å²) in [6.45, 7) is 4.08. The summed E-state index contributed by atoms with van der Waals surface area (Å²) in [5.74, 6) is 1.42. The second-order valence-electron chi connectivity index (χ2n) is 4.42. The molecule has 0 saturated carbocycles. The summed E-state index contributed by atoms with van der Waals surface area (Å²) in [5.41, 5.74) is 2.26. The third-order valence-electron chi connectivity index (χ3n) is 3.01. The second kappa shape index (κ2) is 6.57. The molecule has 0 bridgehead atoms. The molecule has 0 aliphatic rings. The molecule has 0 spiro atoms. The van der Waals surface area contributed by atoms with E-state index in [0.29, 0.717) is 5.75 Å². The van der Waals surface area contributed by atoms with Crippen molar-refractivity contribution in [3.8, 4) is 11.5 Å². The van der Waals surface area contributed by atoms with Gasteiger partial charge in [-0.25, -0.2) is 9.97 Å². The van der Waals surface area contributed by atoms with E-state index in [-0.39, 0.29) is 11.4 Å². The first-order valence-corrected chi connectivity index (χ1v) is 6.82. The fourth-order valence-corrected chi connectivity index (χ4v) is 1.97. The molecule has 1 heterocycles. The molecule has 5 heteroatoms. The fourth-order valence-electron chi connectivity index (χ4n) is 1.88. The van der Waals surface area contributed by atoms with Crippen molar-refractivity contribution in [1.82, 2.24) is 9.97 Å². The zero-order valence-corrected chi connectivity index (χ0v) is 12.5. The van der Waals surface area contributed by atoms with Crippen molar-refractivity contribution < 1.29 is 9.47 Å². The Bertz CT molecular complexity index is 550. The molecule has 106 valence electrons. The molecule has 20 heavy (non-hydrogen) atoms. The van der Waals surface area contributed by atoms with Crippen molar-refractivity contribution in [2.24, 2.45) is 0 Å². The standard InChI is InChI=1S/C15H17ClN2O2/c1-4-11-5-12(7-13(6-11)19-3)10(2)20-14-8-17-15(16)18-9-14/h5-10H,4H2,1-3H3. The highest BCUT2D eigenvalue weighted by atomic mass is 35.5. The molecule has 1 aromatic carbocycles. The van der Waals surface area contributed by atoms with Crippen LogP contribution < -0.4 is 9.47 Å². The van der Waals surface area contributed by atoms with E-state index >= 15 is 0 Å². The Morgan fingerprint density at radius 2 is 1.85 bits per heavy atom. The minimum absolute atomic E-state index is 0.125. The van der Waals surface area contributed by atoms with E-state index in [1.165, 1.54) is 5.56 Å². The zero-order chi connectivity index (χ0) is 14.5. The van der Waals surface area contributed by atoms with Crippen LogP contribution in [0.25, 0.3) is 0 Å². The lowest BCUT2D eigenvalue weighted by Gasteiger charge is -2.16. The van der Waals surface area contributed by atoms with Gasteiger partial charge < -0.3 is 9.47 Å². The van der Waals surface area contributed by atoms with Gasteiger partial charge in [-0.05, 0) is 48.2 Å². The summed E-state index contributed by atoms with van der Waals surface area (Å²) < 4.78 is 11.1. The minimum atomic E-state index is -0.125. The van der Waals surface area contributed by atoms with Crippen molar-refractivity contribution in [1.29, 1.82) is 0 Å². The molecule has 1 aromatic heterocycles. The predicted molar refractivity (Wildman–Crippen MR) is 78.5 cm³/mol. The molecule has 2 aromatic rings. The summed E-state index contributed by atoms with van der Waals surface area (Å²) in [4.78, 5) is 7.80. The molecule has 1 unspecified atom stereocenters. The number of nitrogens with zero attached hydrogens (tertiary/aromatic N) is 2. The largest absolute Gasteiger partial charge is 0.497 e. The highest BCUT2D eigenvalue weighted by Crippen LogP contribution is 2.26. The van der Waals surface area contributed by atoms with Gasteiger partial charge in [-0.1, -0.05) is 13.0 Å². The summed E-state index contributed by atoms with van der Waals surface area (Å²) >= 11 is 5.65. The Morgan fingerprint density at radius 1 is 1.15 bits per heavy atom.